The third-order valence-corrected chi connectivity index (χ3v) is 4.32. The standard InChI is InChI=1S/C16H11F3N2O3S/c17-16(18,19)15-21-13(10-6-2-1-3-7-10)14(24-15)11-8-4-5-9-12(11)25(20,22)23/h1-9H,(H2,20,22,23). The molecule has 0 atom stereocenters. The zero-order valence-corrected chi connectivity index (χ0v) is 13.3. The Bertz CT molecular complexity index is 1010. The van der Waals surface area contributed by atoms with Crippen LogP contribution in [0.1, 0.15) is 5.89 Å². The number of rotatable bonds is 3. The lowest BCUT2D eigenvalue weighted by Crippen LogP contribution is -2.13. The Hall–Kier alpha value is -2.65. The third kappa shape index (κ3) is 3.42. The van der Waals surface area contributed by atoms with Crippen molar-refractivity contribution in [3.8, 4) is 22.6 Å². The molecule has 130 valence electrons. The summed E-state index contributed by atoms with van der Waals surface area (Å²) in [5, 5.41) is 5.16. The van der Waals surface area contributed by atoms with Crippen LogP contribution < -0.4 is 5.14 Å². The van der Waals surface area contributed by atoms with Crippen molar-refractivity contribution in [2.24, 2.45) is 5.14 Å². The molecule has 0 aliphatic heterocycles. The molecule has 5 nitrogen and oxygen atoms in total. The fraction of sp³-hybridized carbons (Fsp3) is 0.0625. The number of hydrogen-bond acceptors (Lipinski definition) is 4. The molecule has 0 fully saturated rings. The average Bonchev–Trinajstić information content (AvgIpc) is 3.00. The van der Waals surface area contributed by atoms with Gasteiger partial charge in [0.25, 0.3) is 0 Å². The second-order valence-electron chi connectivity index (χ2n) is 5.10. The van der Waals surface area contributed by atoms with Crippen LogP contribution in [-0.2, 0) is 16.2 Å². The van der Waals surface area contributed by atoms with E-state index in [9.17, 15) is 21.6 Å². The number of sulfonamides is 1. The summed E-state index contributed by atoms with van der Waals surface area (Å²) in [7, 11) is -4.18. The summed E-state index contributed by atoms with van der Waals surface area (Å²) < 4.78 is 67.6. The molecule has 25 heavy (non-hydrogen) atoms. The second kappa shape index (κ2) is 6.01. The van der Waals surface area contributed by atoms with Gasteiger partial charge in [-0.05, 0) is 12.1 Å². The van der Waals surface area contributed by atoms with E-state index in [4.69, 9.17) is 9.56 Å². The van der Waals surface area contributed by atoms with Crippen molar-refractivity contribution in [1.82, 2.24) is 4.98 Å². The van der Waals surface area contributed by atoms with Crippen molar-refractivity contribution in [1.29, 1.82) is 0 Å². The minimum Gasteiger partial charge on any atom is -0.432 e. The average molecular weight is 368 g/mol. The number of halogens is 3. The maximum atomic E-state index is 13.0. The fourth-order valence-corrected chi connectivity index (χ4v) is 3.05. The molecule has 2 aromatic carbocycles. The van der Waals surface area contributed by atoms with Gasteiger partial charge in [0.15, 0.2) is 5.76 Å². The first-order valence-electron chi connectivity index (χ1n) is 6.93. The molecule has 0 spiro atoms. The zero-order chi connectivity index (χ0) is 18.2. The summed E-state index contributed by atoms with van der Waals surface area (Å²) >= 11 is 0. The van der Waals surface area contributed by atoms with Crippen LogP contribution in [0.15, 0.2) is 63.9 Å². The summed E-state index contributed by atoms with van der Waals surface area (Å²) in [5.41, 5.74) is 0.136. The van der Waals surface area contributed by atoms with Gasteiger partial charge in [0, 0.05) is 11.1 Å². The van der Waals surface area contributed by atoms with Gasteiger partial charge in [-0.25, -0.2) is 18.5 Å². The Morgan fingerprint density at radius 2 is 1.56 bits per heavy atom. The number of hydrogen-bond donors (Lipinski definition) is 1. The van der Waals surface area contributed by atoms with Gasteiger partial charge in [0.05, 0.1) is 4.90 Å². The highest BCUT2D eigenvalue weighted by molar-refractivity contribution is 7.89. The van der Waals surface area contributed by atoms with Crippen LogP contribution in [0.3, 0.4) is 0 Å². The molecule has 0 amide bonds. The summed E-state index contributed by atoms with van der Waals surface area (Å²) in [5.74, 6) is -1.78. The minimum atomic E-state index is -4.82. The molecular weight excluding hydrogens is 357 g/mol. The van der Waals surface area contributed by atoms with E-state index in [1.807, 2.05) is 0 Å². The molecule has 0 aliphatic rings. The monoisotopic (exact) mass is 368 g/mol. The number of oxazole rings is 1. The van der Waals surface area contributed by atoms with Crippen LogP contribution in [0.25, 0.3) is 22.6 Å². The number of primary sulfonamides is 1. The number of nitrogens with two attached hydrogens (primary N) is 1. The molecule has 0 unspecified atom stereocenters. The lowest BCUT2D eigenvalue weighted by atomic mass is 10.1. The van der Waals surface area contributed by atoms with Gasteiger partial charge in [-0.3, -0.25) is 0 Å². The van der Waals surface area contributed by atoms with Crippen LogP contribution in [0.4, 0.5) is 13.2 Å². The summed E-state index contributed by atoms with van der Waals surface area (Å²) in [6, 6.07) is 13.4. The predicted octanol–water partition coefficient (Wildman–Crippen LogP) is 3.67. The quantitative estimate of drug-likeness (QED) is 0.764. The van der Waals surface area contributed by atoms with Crippen molar-refractivity contribution in [2.45, 2.75) is 11.1 Å². The van der Waals surface area contributed by atoms with Crippen molar-refractivity contribution < 1.29 is 26.0 Å². The van der Waals surface area contributed by atoms with Gasteiger partial charge in [0.1, 0.15) is 5.69 Å². The Balaban J connectivity index is 2.32. The maximum Gasteiger partial charge on any atom is 0.468 e. The number of alkyl halides is 3. The molecule has 3 aromatic rings. The van der Waals surface area contributed by atoms with Gasteiger partial charge >= 0.3 is 12.1 Å². The number of nitrogens with zero attached hydrogens (tertiary/aromatic N) is 1. The van der Waals surface area contributed by atoms with Gasteiger partial charge < -0.3 is 4.42 Å². The molecule has 3 rings (SSSR count). The highest BCUT2D eigenvalue weighted by atomic mass is 32.2. The molecule has 9 heteroatoms. The third-order valence-electron chi connectivity index (χ3n) is 3.36. The van der Waals surface area contributed by atoms with E-state index in [1.54, 1.807) is 30.3 Å². The Labute approximate surface area is 141 Å². The van der Waals surface area contributed by atoms with Crippen LogP contribution in [0, 0.1) is 0 Å². The van der Waals surface area contributed by atoms with Gasteiger partial charge in [-0.1, -0.05) is 42.5 Å². The van der Waals surface area contributed by atoms with Crippen molar-refractivity contribution in [3.63, 3.8) is 0 Å². The fourth-order valence-electron chi connectivity index (χ4n) is 2.32. The Morgan fingerprint density at radius 3 is 2.16 bits per heavy atom. The summed E-state index contributed by atoms with van der Waals surface area (Å²) in [4.78, 5) is 3.17. The largest absolute Gasteiger partial charge is 0.468 e. The van der Waals surface area contributed by atoms with Gasteiger partial charge in [0.2, 0.25) is 10.0 Å². The number of aromatic nitrogens is 1. The summed E-state index contributed by atoms with van der Waals surface area (Å²) in [6.45, 7) is 0. The van der Waals surface area contributed by atoms with Crippen molar-refractivity contribution >= 4 is 10.0 Å². The minimum absolute atomic E-state index is 0.0909. The molecule has 1 heterocycles. The molecule has 2 N–H and O–H groups in total. The first-order valence-corrected chi connectivity index (χ1v) is 8.48. The first kappa shape index (κ1) is 17.2. The molecule has 0 radical (unpaired) electrons. The smallest absolute Gasteiger partial charge is 0.432 e. The predicted molar refractivity (Wildman–Crippen MR) is 83.8 cm³/mol. The normalized spacial score (nSPS) is 12.3. The van der Waals surface area contributed by atoms with Crippen LogP contribution in [-0.4, -0.2) is 13.4 Å². The maximum absolute atomic E-state index is 13.0. The van der Waals surface area contributed by atoms with Gasteiger partial charge in [-0.15, -0.1) is 0 Å². The Morgan fingerprint density at radius 1 is 0.960 bits per heavy atom. The molecule has 0 aliphatic carbocycles. The van der Waals surface area contributed by atoms with E-state index in [0.717, 1.165) is 0 Å². The summed E-state index contributed by atoms with van der Waals surface area (Å²) in [6.07, 6.45) is -4.82. The van der Waals surface area contributed by atoms with E-state index in [1.165, 1.54) is 24.3 Å². The lowest BCUT2D eigenvalue weighted by molar-refractivity contribution is -0.156. The highest BCUT2D eigenvalue weighted by Crippen LogP contribution is 2.40. The lowest BCUT2D eigenvalue weighted by Gasteiger charge is -2.06. The van der Waals surface area contributed by atoms with E-state index in [0.29, 0.717) is 5.56 Å². The molecule has 0 saturated carbocycles. The topological polar surface area (TPSA) is 86.2 Å². The second-order valence-corrected chi connectivity index (χ2v) is 6.63. The SMILES string of the molecule is NS(=O)(=O)c1ccccc1-c1oc(C(F)(F)F)nc1-c1ccccc1. The van der Waals surface area contributed by atoms with Gasteiger partial charge in [-0.2, -0.15) is 13.2 Å². The van der Waals surface area contributed by atoms with Crippen LogP contribution >= 0.6 is 0 Å². The zero-order valence-electron chi connectivity index (χ0n) is 12.5. The molecular formula is C16H11F3N2O3S. The number of benzene rings is 2. The highest BCUT2D eigenvalue weighted by Gasteiger charge is 2.39. The first-order chi connectivity index (χ1) is 11.7. The van der Waals surface area contributed by atoms with Crippen molar-refractivity contribution in [3.05, 3.63) is 60.5 Å². The van der Waals surface area contributed by atoms with E-state index in [-0.39, 0.29) is 21.9 Å². The molecule has 0 bridgehead atoms. The van der Waals surface area contributed by atoms with E-state index in [2.05, 4.69) is 4.98 Å². The van der Waals surface area contributed by atoms with E-state index >= 15 is 0 Å². The van der Waals surface area contributed by atoms with Crippen molar-refractivity contribution in [2.75, 3.05) is 0 Å². The molecule has 1 aromatic heterocycles. The van der Waals surface area contributed by atoms with Crippen LogP contribution in [0.2, 0.25) is 0 Å². The Kier molecular flexibility index (Phi) is 4.13. The van der Waals surface area contributed by atoms with Crippen LogP contribution in [0.5, 0.6) is 0 Å². The van der Waals surface area contributed by atoms with E-state index < -0.39 is 22.1 Å². The molecule has 0 saturated heterocycles.